The second kappa shape index (κ2) is 11.8. The Balaban J connectivity index is 0.00000158. The van der Waals surface area contributed by atoms with Gasteiger partial charge in [-0.05, 0) is 58.2 Å². The van der Waals surface area contributed by atoms with Crippen molar-refractivity contribution in [3.05, 3.63) is 41.2 Å². The van der Waals surface area contributed by atoms with Crippen molar-refractivity contribution in [3.8, 4) is 0 Å². The highest BCUT2D eigenvalue weighted by atomic mass is 16.2. The third-order valence-corrected chi connectivity index (χ3v) is 6.38. The van der Waals surface area contributed by atoms with Crippen LogP contribution in [0.3, 0.4) is 0 Å². The number of hydrogen-bond donors (Lipinski definition) is 2. The lowest BCUT2D eigenvalue weighted by Gasteiger charge is -2.35. The minimum atomic E-state index is -0.278. The summed E-state index contributed by atoms with van der Waals surface area (Å²) < 4.78 is 0. The number of anilines is 1. The van der Waals surface area contributed by atoms with Crippen LogP contribution in [0.15, 0.2) is 51.2 Å². The minimum absolute atomic E-state index is 0.0111. The van der Waals surface area contributed by atoms with Crippen LogP contribution in [0.1, 0.15) is 39.5 Å². The molecule has 3 heterocycles. The maximum absolute atomic E-state index is 13.4. The van der Waals surface area contributed by atoms with Gasteiger partial charge in [0.2, 0.25) is 0 Å². The number of rotatable bonds is 5. The third-order valence-electron chi connectivity index (χ3n) is 6.38. The van der Waals surface area contributed by atoms with Gasteiger partial charge in [0, 0.05) is 44.0 Å². The van der Waals surface area contributed by atoms with Crippen LogP contribution in [-0.4, -0.2) is 73.4 Å². The number of nitrogens with zero attached hydrogens (tertiary/aromatic N) is 5. The molecule has 3 aliphatic rings. The molecule has 1 aliphatic carbocycles. The lowest BCUT2D eigenvalue weighted by molar-refractivity contribution is -0.127. The quantitative estimate of drug-likeness (QED) is 0.509. The van der Waals surface area contributed by atoms with Gasteiger partial charge in [-0.3, -0.25) is 19.5 Å². The summed E-state index contributed by atoms with van der Waals surface area (Å²) in [6, 6.07) is 3.90. The van der Waals surface area contributed by atoms with E-state index < -0.39 is 0 Å². The highest BCUT2D eigenvalue weighted by Gasteiger charge is 2.40. The van der Waals surface area contributed by atoms with E-state index in [1.807, 2.05) is 18.3 Å². The van der Waals surface area contributed by atoms with Gasteiger partial charge in [-0.2, -0.15) is 0 Å². The Bertz CT molecular complexity index is 999. The zero-order chi connectivity index (χ0) is 24.7. The maximum atomic E-state index is 13.4. The van der Waals surface area contributed by atoms with Gasteiger partial charge in [0.25, 0.3) is 5.91 Å². The van der Waals surface area contributed by atoms with E-state index in [-0.39, 0.29) is 23.3 Å². The van der Waals surface area contributed by atoms with Crippen LogP contribution in [0.5, 0.6) is 0 Å². The number of amides is 1. The zero-order valence-corrected chi connectivity index (χ0v) is 20.4. The molecule has 1 saturated heterocycles. The molecule has 0 unspecified atom stereocenters. The van der Waals surface area contributed by atoms with Crippen LogP contribution in [0.2, 0.25) is 0 Å². The molecule has 2 fully saturated rings. The highest BCUT2D eigenvalue weighted by molar-refractivity contribution is 6.29. The molecule has 2 aliphatic heterocycles. The molecule has 1 aromatic rings. The molecule has 9 heteroatoms. The molecule has 0 radical (unpaired) electrons. The van der Waals surface area contributed by atoms with Crippen molar-refractivity contribution in [1.82, 2.24) is 15.2 Å². The van der Waals surface area contributed by atoms with Gasteiger partial charge in [0.05, 0.1) is 17.5 Å². The molecule has 182 valence electrons. The van der Waals surface area contributed by atoms with Crippen molar-refractivity contribution in [2.24, 2.45) is 15.7 Å². The van der Waals surface area contributed by atoms with E-state index in [4.69, 9.17) is 4.99 Å². The van der Waals surface area contributed by atoms with Crippen molar-refractivity contribution in [2.45, 2.75) is 45.6 Å². The van der Waals surface area contributed by atoms with Crippen molar-refractivity contribution in [3.63, 3.8) is 0 Å². The zero-order valence-electron chi connectivity index (χ0n) is 20.4. The van der Waals surface area contributed by atoms with Crippen LogP contribution in [-0.2, 0) is 9.59 Å². The van der Waals surface area contributed by atoms with Crippen LogP contribution >= 0.6 is 0 Å². The highest BCUT2D eigenvalue weighted by Crippen LogP contribution is 2.34. The summed E-state index contributed by atoms with van der Waals surface area (Å²) in [6.07, 6.45) is 7.29. The second-order valence-corrected chi connectivity index (χ2v) is 8.44. The smallest absolute Gasteiger partial charge is 0.263 e. The first-order valence-corrected chi connectivity index (χ1v) is 11.8. The number of amidine groups is 1. The van der Waals surface area contributed by atoms with Gasteiger partial charge in [0.15, 0.2) is 11.6 Å². The van der Waals surface area contributed by atoms with E-state index in [1.54, 1.807) is 18.0 Å². The SMILES string of the molecule is C=N/C=C1\C(=Nc2ccc(N3CCNCC3)cn2)N(C2CCCC2)C(=O)C(C(C)=O)=C1C.CN. The molecule has 1 saturated carbocycles. The number of aliphatic imine (C=N–C) groups is 2. The van der Waals surface area contributed by atoms with Gasteiger partial charge in [0.1, 0.15) is 5.84 Å². The lowest BCUT2D eigenvalue weighted by atomic mass is 9.91. The fourth-order valence-corrected chi connectivity index (χ4v) is 4.75. The van der Waals surface area contributed by atoms with E-state index in [0.29, 0.717) is 22.8 Å². The van der Waals surface area contributed by atoms with E-state index >= 15 is 0 Å². The van der Waals surface area contributed by atoms with Gasteiger partial charge < -0.3 is 16.0 Å². The van der Waals surface area contributed by atoms with E-state index in [0.717, 1.165) is 57.5 Å². The summed E-state index contributed by atoms with van der Waals surface area (Å²) in [5.74, 6) is 0.491. The number of carbonyl (C=O) groups is 2. The van der Waals surface area contributed by atoms with Gasteiger partial charge >= 0.3 is 0 Å². The average molecular weight is 466 g/mol. The number of nitrogens with two attached hydrogens (primary N) is 1. The lowest BCUT2D eigenvalue weighted by Crippen LogP contribution is -2.49. The first-order valence-electron chi connectivity index (χ1n) is 11.8. The van der Waals surface area contributed by atoms with Crippen LogP contribution < -0.4 is 16.0 Å². The van der Waals surface area contributed by atoms with Gasteiger partial charge in [-0.1, -0.05) is 12.8 Å². The van der Waals surface area contributed by atoms with Crippen molar-refractivity contribution in [1.29, 1.82) is 0 Å². The Morgan fingerprint density at radius 2 is 1.91 bits per heavy atom. The number of piperazine rings is 1. The Labute approximate surface area is 201 Å². The molecule has 1 amide bonds. The van der Waals surface area contributed by atoms with Crippen LogP contribution in [0, 0.1) is 0 Å². The van der Waals surface area contributed by atoms with E-state index in [2.05, 4.69) is 32.6 Å². The fraction of sp³-hybridized carbons (Fsp3) is 0.480. The minimum Gasteiger partial charge on any atom is -0.368 e. The number of carbonyl (C=O) groups excluding carboxylic acids is 2. The molecule has 0 aromatic carbocycles. The number of aromatic nitrogens is 1. The largest absolute Gasteiger partial charge is 0.368 e. The molecule has 0 bridgehead atoms. The molecule has 1 aromatic heterocycles. The van der Waals surface area contributed by atoms with Crippen LogP contribution in [0.25, 0.3) is 0 Å². The molecule has 0 spiro atoms. The predicted octanol–water partition coefficient (Wildman–Crippen LogP) is 2.37. The van der Waals surface area contributed by atoms with Crippen LogP contribution in [0.4, 0.5) is 11.5 Å². The predicted molar refractivity (Wildman–Crippen MR) is 137 cm³/mol. The Morgan fingerprint density at radius 3 is 2.47 bits per heavy atom. The number of hydrogen-bond acceptors (Lipinski definition) is 8. The van der Waals surface area contributed by atoms with Crippen molar-refractivity contribution >= 4 is 35.7 Å². The summed E-state index contributed by atoms with van der Waals surface area (Å²) in [7, 11) is 1.50. The first-order chi connectivity index (χ1) is 16.5. The molecular weight excluding hydrogens is 430 g/mol. The standard InChI is InChI=1S/C24H30N6O2.CH5N/c1-16-20(15-25-3)23(30(18-6-4-5-7-18)24(32)22(16)17(2)31)28-21-9-8-19(14-27-21)29-12-10-26-11-13-29;1-2/h8-9,14-15,18,26H,3-7,10-13H2,1-2H3;2H2,1H3/b20-15-,28-23?;. The van der Waals surface area contributed by atoms with E-state index in [9.17, 15) is 9.59 Å². The number of ketones is 1. The van der Waals surface area contributed by atoms with Gasteiger partial charge in [-0.25, -0.2) is 9.98 Å². The monoisotopic (exact) mass is 465 g/mol. The molecule has 0 atom stereocenters. The topological polar surface area (TPSA) is 116 Å². The third kappa shape index (κ3) is 5.31. The maximum Gasteiger partial charge on any atom is 0.263 e. The molecular formula is C25H35N7O2. The number of Topliss-reactive ketones (excluding diaryl/α,β-unsaturated/α-hetero) is 1. The molecule has 4 rings (SSSR count). The summed E-state index contributed by atoms with van der Waals surface area (Å²) in [6.45, 7) is 10.6. The fourth-order valence-electron chi connectivity index (χ4n) is 4.75. The Hall–Kier alpha value is -3.17. The number of pyridine rings is 1. The normalized spacial score (nSPS) is 21.7. The van der Waals surface area contributed by atoms with Crippen molar-refractivity contribution < 1.29 is 9.59 Å². The van der Waals surface area contributed by atoms with E-state index in [1.165, 1.54) is 14.0 Å². The first kappa shape index (κ1) is 25.5. The number of nitrogens with one attached hydrogen (secondary N) is 1. The molecule has 9 nitrogen and oxygen atoms in total. The van der Waals surface area contributed by atoms with Crippen molar-refractivity contribution in [2.75, 3.05) is 38.1 Å². The summed E-state index contributed by atoms with van der Waals surface area (Å²) in [5.41, 5.74) is 6.99. The summed E-state index contributed by atoms with van der Waals surface area (Å²) >= 11 is 0. The summed E-state index contributed by atoms with van der Waals surface area (Å²) in [4.78, 5) is 43.1. The van der Waals surface area contributed by atoms with Gasteiger partial charge in [-0.15, -0.1) is 0 Å². The Morgan fingerprint density at radius 1 is 1.24 bits per heavy atom. The second-order valence-electron chi connectivity index (χ2n) is 8.44. The summed E-state index contributed by atoms with van der Waals surface area (Å²) in [5, 5.41) is 3.35. The molecule has 3 N–H and O–H groups in total. The molecule has 34 heavy (non-hydrogen) atoms. The average Bonchev–Trinajstić information content (AvgIpc) is 3.38. The Kier molecular flexibility index (Phi) is 8.84.